The van der Waals surface area contributed by atoms with Gasteiger partial charge in [0.15, 0.2) is 0 Å². The lowest BCUT2D eigenvalue weighted by Gasteiger charge is -2.23. The van der Waals surface area contributed by atoms with E-state index in [4.69, 9.17) is 40.5 Å². The maximum Gasteiger partial charge on any atom is 0.0970 e. The number of aliphatic hydroxyl groups excluding tert-OH is 1. The van der Waals surface area contributed by atoms with Crippen LogP contribution in [0.5, 0.6) is 0 Å². The summed E-state index contributed by atoms with van der Waals surface area (Å²) < 4.78 is 0. The van der Waals surface area contributed by atoms with Gasteiger partial charge in [0.2, 0.25) is 0 Å². The monoisotopic (exact) mass is 310 g/mol. The number of nitrogens with two attached hydrogens (primary N) is 1. The summed E-state index contributed by atoms with van der Waals surface area (Å²) in [5, 5.41) is 11.2. The second-order valence-electron chi connectivity index (χ2n) is 4.46. The van der Waals surface area contributed by atoms with Gasteiger partial charge < -0.3 is 15.7 Å². The first-order chi connectivity index (χ1) is 8.34. The van der Waals surface area contributed by atoms with Gasteiger partial charge in [-0.05, 0) is 39.2 Å². The number of halogens is 3. The molecule has 3 N–H and O–H groups in total. The molecule has 0 aliphatic rings. The highest BCUT2D eigenvalue weighted by molar-refractivity contribution is 6.44. The van der Waals surface area contributed by atoms with Crippen molar-refractivity contribution in [1.29, 1.82) is 0 Å². The Balaban J connectivity index is 2.89. The maximum absolute atomic E-state index is 10.2. The molecular formula is C12H17Cl3N2O. The summed E-state index contributed by atoms with van der Waals surface area (Å²) in [6.45, 7) is 0.772. The molecule has 0 saturated carbocycles. The van der Waals surface area contributed by atoms with Crippen LogP contribution in [0.15, 0.2) is 12.1 Å². The van der Waals surface area contributed by atoms with Gasteiger partial charge in [-0.3, -0.25) is 0 Å². The third kappa shape index (κ3) is 3.98. The van der Waals surface area contributed by atoms with Gasteiger partial charge in [-0.1, -0.05) is 34.8 Å². The highest BCUT2D eigenvalue weighted by atomic mass is 35.5. The minimum Gasteiger partial charge on any atom is -0.387 e. The topological polar surface area (TPSA) is 49.5 Å². The van der Waals surface area contributed by atoms with E-state index in [-0.39, 0.29) is 5.02 Å². The first kappa shape index (κ1) is 16.0. The van der Waals surface area contributed by atoms with Crippen LogP contribution in [0.25, 0.3) is 0 Å². The zero-order chi connectivity index (χ0) is 13.9. The minimum atomic E-state index is -0.927. The molecule has 6 heteroatoms. The van der Waals surface area contributed by atoms with Crippen LogP contribution in [0.4, 0.5) is 0 Å². The van der Waals surface area contributed by atoms with Crippen molar-refractivity contribution in [3.05, 3.63) is 32.8 Å². The lowest BCUT2D eigenvalue weighted by Crippen LogP contribution is -2.32. The predicted octanol–water partition coefficient (Wildman–Crippen LogP) is 2.96. The normalized spacial score (nSPS) is 14.9. The summed E-state index contributed by atoms with van der Waals surface area (Å²) in [7, 11) is 3.89. The molecule has 3 nitrogen and oxygen atoms in total. The Morgan fingerprint density at radius 2 is 1.78 bits per heavy atom. The molecule has 0 aliphatic heterocycles. The van der Waals surface area contributed by atoms with E-state index >= 15 is 0 Å². The molecule has 0 radical (unpaired) electrons. The highest BCUT2D eigenvalue weighted by Gasteiger charge is 2.23. The van der Waals surface area contributed by atoms with E-state index in [9.17, 15) is 5.11 Å². The van der Waals surface area contributed by atoms with E-state index < -0.39 is 12.1 Å². The fraction of sp³-hybridized carbons (Fsp3) is 0.500. The van der Waals surface area contributed by atoms with Gasteiger partial charge in [-0.25, -0.2) is 0 Å². The van der Waals surface area contributed by atoms with E-state index in [2.05, 4.69) is 0 Å². The SMILES string of the molecule is CN(C)CCC(N)C(O)c1c(Cl)ccc(Cl)c1Cl. The number of aliphatic hydroxyl groups is 1. The molecular weight excluding hydrogens is 295 g/mol. The Hall–Kier alpha value is -0.0300. The lowest BCUT2D eigenvalue weighted by atomic mass is 10.00. The molecule has 0 bridgehead atoms. The first-order valence-electron chi connectivity index (χ1n) is 5.56. The Morgan fingerprint density at radius 1 is 1.22 bits per heavy atom. The molecule has 1 aromatic rings. The molecule has 0 heterocycles. The molecule has 2 unspecified atom stereocenters. The van der Waals surface area contributed by atoms with Gasteiger partial charge in [-0.2, -0.15) is 0 Å². The van der Waals surface area contributed by atoms with Crippen molar-refractivity contribution in [1.82, 2.24) is 4.90 Å². The molecule has 18 heavy (non-hydrogen) atoms. The lowest BCUT2D eigenvalue weighted by molar-refractivity contribution is 0.138. The van der Waals surface area contributed by atoms with E-state index in [1.165, 1.54) is 0 Å². The Labute approximate surface area is 122 Å². The highest BCUT2D eigenvalue weighted by Crippen LogP contribution is 2.36. The largest absolute Gasteiger partial charge is 0.387 e. The third-order valence-electron chi connectivity index (χ3n) is 2.69. The summed E-state index contributed by atoms with van der Waals surface area (Å²) >= 11 is 18.0. The Morgan fingerprint density at radius 3 is 2.33 bits per heavy atom. The first-order valence-corrected chi connectivity index (χ1v) is 6.69. The molecule has 2 atom stereocenters. The zero-order valence-corrected chi connectivity index (χ0v) is 12.6. The summed E-state index contributed by atoms with van der Waals surface area (Å²) in [5.41, 5.74) is 6.35. The maximum atomic E-state index is 10.2. The van der Waals surface area contributed by atoms with Crippen LogP contribution in [-0.4, -0.2) is 36.7 Å². The second kappa shape index (κ2) is 6.94. The van der Waals surface area contributed by atoms with Gasteiger partial charge in [0, 0.05) is 16.6 Å². The molecule has 102 valence electrons. The van der Waals surface area contributed by atoms with Crippen molar-refractivity contribution in [3.63, 3.8) is 0 Å². The van der Waals surface area contributed by atoms with Gasteiger partial charge in [0.05, 0.1) is 16.1 Å². The summed E-state index contributed by atoms with van der Waals surface area (Å²) in [6.07, 6.45) is -0.295. The van der Waals surface area contributed by atoms with Gasteiger partial charge in [0.1, 0.15) is 0 Å². The van der Waals surface area contributed by atoms with Gasteiger partial charge in [-0.15, -0.1) is 0 Å². The fourth-order valence-corrected chi connectivity index (χ4v) is 2.35. The third-order valence-corrected chi connectivity index (χ3v) is 3.84. The fourth-order valence-electron chi connectivity index (χ4n) is 1.59. The van der Waals surface area contributed by atoms with Crippen molar-refractivity contribution in [3.8, 4) is 0 Å². The van der Waals surface area contributed by atoms with Crippen molar-refractivity contribution < 1.29 is 5.11 Å². The van der Waals surface area contributed by atoms with Crippen molar-refractivity contribution in [2.24, 2.45) is 5.73 Å². The quantitative estimate of drug-likeness (QED) is 0.822. The average Bonchev–Trinajstić information content (AvgIpc) is 2.31. The number of benzene rings is 1. The molecule has 0 amide bonds. The smallest absolute Gasteiger partial charge is 0.0970 e. The van der Waals surface area contributed by atoms with Crippen LogP contribution in [0.1, 0.15) is 18.1 Å². The van der Waals surface area contributed by atoms with Gasteiger partial charge in [0.25, 0.3) is 0 Å². The van der Waals surface area contributed by atoms with Crippen LogP contribution in [0, 0.1) is 0 Å². The van der Waals surface area contributed by atoms with Crippen LogP contribution >= 0.6 is 34.8 Å². The van der Waals surface area contributed by atoms with E-state index in [1.54, 1.807) is 12.1 Å². The van der Waals surface area contributed by atoms with Crippen molar-refractivity contribution in [2.45, 2.75) is 18.6 Å². The van der Waals surface area contributed by atoms with Crippen molar-refractivity contribution in [2.75, 3.05) is 20.6 Å². The number of hydrogen-bond donors (Lipinski definition) is 2. The Kier molecular flexibility index (Phi) is 6.18. The molecule has 0 spiro atoms. The van der Waals surface area contributed by atoms with E-state index in [0.29, 0.717) is 22.0 Å². The van der Waals surface area contributed by atoms with Crippen LogP contribution in [0.3, 0.4) is 0 Å². The summed E-state index contributed by atoms with van der Waals surface area (Å²) in [5.74, 6) is 0. The van der Waals surface area contributed by atoms with Crippen LogP contribution in [0.2, 0.25) is 15.1 Å². The summed E-state index contributed by atoms with van der Waals surface area (Å²) in [4.78, 5) is 1.99. The van der Waals surface area contributed by atoms with Crippen LogP contribution < -0.4 is 5.73 Å². The van der Waals surface area contributed by atoms with Gasteiger partial charge >= 0.3 is 0 Å². The van der Waals surface area contributed by atoms with Crippen molar-refractivity contribution >= 4 is 34.8 Å². The molecule has 0 aliphatic carbocycles. The number of nitrogens with zero attached hydrogens (tertiary/aromatic N) is 1. The number of hydrogen-bond acceptors (Lipinski definition) is 3. The molecule has 0 aromatic heterocycles. The second-order valence-corrected chi connectivity index (χ2v) is 5.65. The predicted molar refractivity (Wildman–Crippen MR) is 77.6 cm³/mol. The number of rotatable bonds is 5. The molecule has 0 saturated heterocycles. The molecule has 1 rings (SSSR count). The Bertz CT molecular complexity index is 413. The standard InChI is InChI=1S/C12H17Cl3N2O/c1-17(2)6-5-9(16)12(18)10-7(13)3-4-8(14)11(10)15/h3-4,9,12,18H,5-6,16H2,1-2H3. The molecule has 0 fully saturated rings. The van der Waals surface area contributed by atoms with E-state index in [0.717, 1.165) is 6.54 Å². The zero-order valence-electron chi connectivity index (χ0n) is 10.3. The molecule has 1 aromatic carbocycles. The minimum absolute atomic E-state index is 0.261. The van der Waals surface area contributed by atoms with Crippen LogP contribution in [-0.2, 0) is 0 Å². The van der Waals surface area contributed by atoms with E-state index in [1.807, 2.05) is 19.0 Å². The summed E-state index contributed by atoms with van der Waals surface area (Å²) in [6, 6.07) is 2.75. The average molecular weight is 312 g/mol.